The highest BCUT2D eigenvalue weighted by Gasteiger charge is 2.24. The SMILES string of the molecule is Cn1cc(-c2noc([C@@H]3CCOC3)n2)ccc1=O. The van der Waals surface area contributed by atoms with Crippen molar-refractivity contribution in [2.24, 2.45) is 7.05 Å². The molecule has 0 aromatic carbocycles. The lowest BCUT2D eigenvalue weighted by Crippen LogP contribution is -2.14. The van der Waals surface area contributed by atoms with Gasteiger partial charge in [-0.25, -0.2) is 0 Å². The smallest absolute Gasteiger partial charge is 0.250 e. The third-order valence-corrected chi connectivity index (χ3v) is 3.06. The lowest BCUT2D eigenvalue weighted by Gasteiger charge is -1.99. The van der Waals surface area contributed by atoms with E-state index in [2.05, 4.69) is 10.1 Å². The highest BCUT2D eigenvalue weighted by Crippen LogP contribution is 2.25. The molecule has 3 rings (SSSR count). The van der Waals surface area contributed by atoms with Crippen molar-refractivity contribution in [3.05, 3.63) is 34.6 Å². The first-order valence-electron chi connectivity index (χ1n) is 5.82. The zero-order valence-electron chi connectivity index (χ0n) is 10.00. The van der Waals surface area contributed by atoms with Gasteiger partial charge in [0.25, 0.3) is 0 Å². The van der Waals surface area contributed by atoms with Crippen LogP contribution in [0.3, 0.4) is 0 Å². The van der Waals surface area contributed by atoms with E-state index in [1.165, 1.54) is 10.6 Å². The number of rotatable bonds is 2. The second kappa shape index (κ2) is 4.38. The van der Waals surface area contributed by atoms with Gasteiger partial charge in [-0.3, -0.25) is 4.79 Å². The predicted octanol–water partition coefficient (Wildman–Crippen LogP) is 0.939. The minimum absolute atomic E-state index is 0.0633. The van der Waals surface area contributed by atoms with E-state index in [1.54, 1.807) is 19.3 Å². The molecule has 1 saturated heterocycles. The molecule has 1 atom stereocenters. The molecule has 18 heavy (non-hydrogen) atoms. The summed E-state index contributed by atoms with van der Waals surface area (Å²) >= 11 is 0. The zero-order chi connectivity index (χ0) is 12.5. The second-order valence-corrected chi connectivity index (χ2v) is 4.38. The van der Waals surface area contributed by atoms with Crippen LogP contribution in [0.4, 0.5) is 0 Å². The summed E-state index contributed by atoms with van der Waals surface area (Å²) < 4.78 is 12.0. The number of aryl methyl sites for hydroxylation is 1. The van der Waals surface area contributed by atoms with Crippen LogP contribution in [0.1, 0.15) is 18.2 Å². The average molecular weight is 247 g/mol. The Morgan fingerprint density at radius 1 is 1.44 bits per heavy atom. The molecule has 2 aromatic rings. The predicted molar refractivity (Wildman–Crippen MR) is 63.2 cm³/mol. The van der Waals surface area contributed by atoms with Gasteiger partial charge in [-0.05, 0) is 12.5 Å². The molecule has 94 valence electrons. The Balaban J connectivity index is 1.92. The van der Waals surface area contributed by atoms with Crippen molar-refractivity contribution >= 4 is 0 Å². The van der Waals surface area contributed by atoms with Crippen molar-refractivity contribution in [3.8, 4) is 11.4 Å². The Bertz CT molecular complexity index is 611. The van der Waals surface area contributed by atoms with Crippen LogP contribution in [0.15, 0.2) is 27.6 Å². The molecule has 1 aliphatic rings. The van der Waals surface area contributed by atoms with Crippen LogP contribution in [0.25, 0.3) is 11.4 Å². The number of ether oxygens (including phenoxy) is 1. The molecule has 6 nitrogen and oxygen atoms in total. The maximum Gasteiger partial charge on any atom is 0.250 e. The molecular formula is C12H13N3O3. The lowest BCUT2D eigenvalue weighted by atomic mass is 10.1. The normalized spacial score (nSPS) is 19.3. The molecular weight excluding hydrogens is 234 g/mol. The van der Waals surface area contributed by atoms with Crippen molar-refractivity contribution in [3.63, 3.8) is 0 Å². The topological polar surface area (TPSA) is 70.2 Å². The van der Waals surface area contributed by atoms with Crippen LogP contribution < -0.4 is 5.56 Å². The molecule has 0 unspecified atom stereocenters. The molecule has 0 radical (unpaired) electrons. The van der Waals surface area contributed by atoms with Crippen molar-refractivity contribution < 1.29 is 9.26 Å². The fourth-order valence-electron chi connectivity index (χ4n) is 1.97. The van der Waals surface area contributed by atoms with Crippen molar-refractivity contribution in [1.82, 2.24) is 14.7 Å². The number of aromatic nitrogens is 3. The third-order valence-electron chi connectivity index (χ3n) is 3.06. The van der Waals surface area contributed by atoms with E-state index in [-0.39, 0.29) is 11.5 Å². The minimum atomic E-state index is -0.0633. The molecule has 0 aliphatic carbocycles. The molecule has 0 saturated carbocycles. The lowest BCUT2D eigenvalue weighted by molar-refractivity contribution is 0.189. The fourth-order valence-corrected chi connectivity index (χ4v) is 1.97. The summed E-state index contributed by atoms with van der Waals surface area (Å²) in [5, 5.41) is 3.94. The molecule has 0 N–H and O–H groups in total. The Morgan fingerprint density at radius 3 is 3.06 bits per heavy atom. The van der Waals surface area contributed by atoms with Gasteiger partial charge in [0.15, 0.2) is 0 Å². The Labute approximate surface area is 103 Å². The average Bonchev–Trinajstić information content (AvgIpc) is 3.01. The summed E-state index contributed by atoms with van der Waals surface area (Å²) in [5.74, 6) is 1.31. The van der Waals surface area contributed by atoms with Gasteiger partial charge in [-0.15, -0.1) is 0 Å². The number of hydrogen-bond acceptors (Lipinski definition) is 5. The molecule has 6 heteroatoms. The van der Waals surface area contributed by atoms with E-state index in [4.69, 9.17) is 9.26 Å². The van der Waals surface area contributed by atoms with E-state index < -0.39 is 0 Å². The molecule has 0 amide bonds. The Kier molecular flexibility index (Phi) is 2.71. The maximum atomic E-state index is 11.3. The van der Waals surface area contributed by atoms with Crippen LogP contribution in [0.2, 0.25) is 0 Å². The van der Waals surface area contributed by atoms with E-state index in [0.29, 0.717) is 18.3 Å². The van der Waals surface area contributed by atoms with Crippen LogP contribution in [-0.4, -0.2) is 27.9 Å². The molecule has 3 heterocycles. The fraction of sp³-hybridized carbons (Fsp3) is 0.417. The van der Waals surface area contributed by atoms with Crippen LogP contribution in [-0.2, 0) is 11.8 Å². The zero-order valence-corrected chi connectivity index (χ0v) is 10.00. The molecule has 1 aliphatic heterocycles. The summed E-state index contributed by atoms with van der Waals surface area (Å²) in [7, 11) is 1.69. The number of nitrogens with zero attached hydrogens (tertiary/aromatic N) is 3. The van der Waals surface area contributed by atoms with Gasteiger partial charge in [-0.1, -0.05) is 5.16 Å². The van der Waals surface area contributed by atoms with Crippen LogP contribution in [0.5, 0.6) is 0 Å². The molecule has 0 spiro atoms. The van der Waals surface area contributed by atoms with E-state index in [9.17, 15) is 4.79 Å². The van der Waals surface area contributed by atoms with Gasteiger partial charge in [0, 0.05) is 31.5 Å². The summed E-state index contributed by atoms with van der Waals surface area (Å²) in [5.41, 5.74) is 0.706. The standard InChI is InChI=1S/C12H13N3O3/c1-15-6-8(2-3-10(15)16)11-13-12(18-14-11)9-4-5-17-7-9/h2-3,6,9H,4-5,7H2,1H3/t9-/m1/s1. The molecule has 1 fully saturated rings. The maximum absolute atomic E-state index is 11.3. The second-order valence-electron chi connectivity index (χ2n) is 4.38. The largest absolute Gasteiger partial charge is 0.381 e. The minimum Gasteiger partial charge on any atom is -0.381 e. The summed E-state index contributed by atoms with van der Waals surface area (Å²) in [4.78, 5) is 15.7. The first-order chi connectivity index (χ1) is 8.74. The molecule has 2 aromatic heterocycles. The first-order valence-corrected chi connectivity index (χ1v) is 5.82. The first kappa shape index (κ1) is 11.2. The van der Waals surface area contributed by atoms with Crippen molar-refractivity contribution in [1.29, 1.82) is 0 Å². The number of pyridine rings is 1. The van der Waals surface area contributed by atoms with Gasteiger partial charge < -0.3 is 13.8 Å². The summed E-state index contributed by atoms with van der Waals surface area (Å²) in [6, 6.07) is 3.19. The summed E-state index contributed by atoms with van der Waals surface area (Å²) in [6.07, 6.45) is 2.61. The van der Waals surface area contributed by atoms with Gasteiger partial charge in [0.05, 0.1) is 12.5 Å². The number of hydrogen-bond donors (Lipinski definition) is 0. The highest BCUT2D eigenvalue weighted by molar-refractivity contribution is 5.52. The van der Waals surface area contributed by atoms with Crippen LogP contribution >= 0.6 is 0 Å². The summed E-state index contributed by atoms with van der Waals surface area (Å²) in [6.45, 7) is 1.37. The van der Waals surface area contributed by atoms with Gasteiger partial charge >= 0.3 is 0 Å². The Morgan fingerprint density at radius 2 is 2.33 bits per heavy atom. The third kappa shape index (κ3) is 1.95. The highest BCUT2D eigenvalue weighted by atomic mass is 16.5. The van der Waals surface area contributed by atoms with E-state index >= 15 is 0 Å². The van der Waals surface area contributed by atoms with E-state index in [1.807, 2.05) is 0 Å². The quantitative estimate of drug-likeness (QED) is 0.789. The van der Waals surface area contributed by atoms with Crippen molar-refractivity contribution in [2.45, 2.75) is 12.3 Å². The van der Waals surface area contributed by atoms with Crippen molar-refractivity contribution in [2.75, 3.05) is 13.2 Å². The van der Waals surface area contributed by atoms with E-state index in [0.717, 1.165) is 18.6 Å². The van der Waals surface area contributed by atoms with Gasteiger partial charge in [0.1, 0.15) is 0 Å². The van der Waals surface area contributed by atoms with Crippen LogP contribution in [0, 0.1) is 0 Å². The van der Waals surface area contributed by atoms with Gasteiger partial charge in [-0.2, -0.15) is 4.98 Å². The Hall–Kier alpha value is -1.95. The van der Waals surface area contributed by atoms with Gasteiger partial charge in [0.2, 0.25) is 17.3 Å². The monoisotopic (exact) mass is 247 g/mol. The molecule has 0 bridgehead atoms.